The second-order valence-electron chi connectivity index (χ2n) is 7.53. The van der Waals surface area contributed by atoms with Gasteiger partial charge in [-0.2, -0.15) is 5.10 Å². The number of aromatic nitrogens is 3. The minimum absolute atomic E-state index is 0.00906. The second kappa shape index (κ2) is 7.55. The van der Waals surface area contributed by atoms with Gasteiger partial charge in [-0.1, -0.05) is 6.58 Å². The zero-order chi connectivity index (χ0) is 18.8. The molecule has 0 aromatic carbocycles. The number of hydrogen-bond acceptors (Lipinski definition) is 4. The smallest absolute Gasteiger partial charge is 0.245 e. The quantitative estimate of drug-likeness (QED) is 0.782. The van der Waals surface area contributed by atoms with Gasteiger partial charge < -0.3 is 9.80 Å². The molecule has 0 N–H and O–H groups in total. The Hall–Kier alpha value is -2.63. The standard InChI is InChI=1S/C21H27N5O/c1-3-21(27)26-12-7-16(15-26)18-14-22-20(25-9-5-4-6-10-25)13-17(18)19-8-11-24(2)23-19/h3,8,11,13-14,16H,1,4-7,9-10,12,15H2,2H3. The zero-order valence-corrected chi connectivity index (χ0v) is 16.0. The summed E-state index contributed by atoms with van der Waals surface area (Å²) < 4.78 is 1.84. The average molecular weight is 365 g/mol. The number of nitrogens with zero attached hydrogens (tertiary/aromatic N) is 5. The number of hydrogen-bond donors (Lipinski definition) is 0. The van der Waals surface area contributed by atoms with E-state index in [1.54, 1.807) is 0 Å². The van der Waals surface area contributed by atoms with E-state index < -0.39 is 0 Å². The van der Waals surface area contributed by atoms with Crippen molar-refractivity contribution in [3.8, 4) is 11.3 Å². The fraction of sp³-hybridized carbons (Fsp3) is 0.476. The Morgan fingerprint density at radius 3 is 2.78 bits per heavy atom. The van der Waals surface area contributed by atoms with E-state index in [4.69, 9.17) is 4.98 Å². The van der Waals surface area contributed by atoms with Gasteiger partial charge in [0.1, 0.15) is 5.82 Å². The van der Waals surface area contributed by atoms with Crippen LogP contribution in [-0.4, -0.2) is 51.8 Å². The number of amides is 1. The van der Waals surface area contributed by atoms with Gasteiger partial charge in [-0.15, -0.1) is 0 Å². The molecule has 0 aliphatic carbocycles. The third kappa shape index (κ3) is 3.61. The fourth-order valence-electron chi connectivity index (χ4n) is 4.20. The summed E-state index contributed by atoms with van der Waals surface area (Å²) in [6.07, 6.45) is 10.1. The van der Waals surface area contributed by atoms with Crippen LogP contribution in [0.15, 0.2) is 37.2 Å². The van der Waals surface area contributed by atoms with Crippen molar-refractivity contribution < 1.29 is 4.79 Å². The predicted octanol–water partition coefficient (Wildman–Crippen LogP) is 2.97. The summed E-state index contributed by atoms with van der Waals surface area (Å²) >= 11 is 0. The van der Waals surface area contributed by atoms with Crippen LogP contribution in [0.25, 0.3) is 11.3 Å². The number of carbonyl (C=O) groups excluding carboxylic acids is 1. The van der Waals surface area contributed by atoms with Gasteiger partial charge in [0.05, 0.1) is 5.69 Å². The molecule has 1 atom stereocenters. The molecule has 0 saturated carbocycles. The van der Waals surface area contributed by atoms with Crippen LogP contribution in [0.3, 0.4) is 0 Å². The number of aryl methyl sites for hydroxylation is 1. The van der Waals surface area contributed by atoms with Crippen molar-refractivity contribution in [3.05, 3.63) is 42.7 Å². The molecule has 2 fully saturated rings. The maximum Gasteiger partial charge on any atom is 0.245 e. The Morgan fingerprint density at radius 2 is 2.07 bits per heavy atom. The van der Waals surface area contributed by atoms with Crippen molar-refractivity contribution in [1.82, 2.24) is 19.7 Å². The van der Waals surface area contributed by atoms with Crippen LogP contribution in [0.2, 0.25) is 0 Å². The van der Waals surface area contributed by atoms with Gasteiger partial charge in [-0.05, 0) is 49.5 Å². The normalized spacial score (nSPS) is 20.1. The van der Waals surface area contributed by atoms with Crippen LogP contribution >= 0.6 is 0 Å². The minimum Gasteiger partial charge on any atom is -0.357 e. The lowest BCUT2D eigenvalue weighted by Gasteiger charge is -2.28. The number of rotatable bonds is 4. The van der Waals surface area contributed by atoms with Gasteiger partial charge in [0.15, 0.2) is 0 Å². The molecule has 2 aromatic rings. The number of pyridine rings is 1. The molecular weight excluding hydrogens is 338 g/mol. The molecule has 0 bridgehead atoms. The highest BCUT2D eigenvalue weighted by Gasteiger charge is 2.29. The van der Waals surface area contributed by atoms with Gasteiger partial charge in [0.2, 0.25) is 5.91 Å². The van der Waals surface area contributed by atoms with Gasteiger partial charge in [-0.3, -0.25) is 9.48 Å². The summed E-state index contributed by atoms with van der Waals surface area (Å²) in [5.41, 5.74) is 3.31. The molecule has 4 heterocycles. The van der Waals surface area contributed by atoms with Crippen molar-refractivity contribution in [2.45, 2.75) is 31.6 Å². The van der Waals surface area contributed by atoms with Crippen LogP contribution in [0, 0.1) is 0 Å². The summed E-state index contributed by atoms with van der Waals surface area (Å²) in [6, 6.07) is 4.25. The van der Waals surface area contributed by atoms with Crippen molar-refractivity contribution in [2.24, 2.45) is 7.05 Å². The van der Waals surface area contributed by atoms with Gasteiger partial charge in [0, 0.05) is 57.1 Å². The summed E-state index contributed by atoms with van der Waals surface area (Å²) in [7, 11) is 1.94. The lowest BCUT2D eigenvalue weighted by molar-refractivity contribution is -0.125. The molecule has 6 heteroatoms. The molecule has 1 unspecified atom stereocenters. The first kappa shape index (κ1) is 17.8. The molecule has 0 spiro atoms. The Kier molecular flexibility index (Phi) is 4.97. The second-order valence-corrected chi connectivity index (χ2v) is 7.53. The van der Waals surface area contributed by atoms with Crippen LogP contribution < -0.4 is 4.90 Å². The summed E-state index contributed by atoms with van der Waals surface area (Å²) in [5, 5.41) is 4.64. The molecule has 2 saturated heterocycles. The van der Waals surface area contributed by atoms with E-state index in [0.29, 0.717) is 0 Å². The highest BCUT2D eigenvalue weighted by molar-refractivity contribution is 5.87. The van der Waals surface area contributed by atoms with Crippen molar-refractivity contribution in [3.63, 3.8) is 0 Å². The van der Waals surface area contributed by atoms with Crippen LogP contribution in [0.1, 0.15) is 37.2 Å². The largest absolute Gasteiger partial charge is 0.357 e. The molecule has 2 aliphatic rings. The van der Waals surface area contributed by atoms with Crippen LogP contribution in [0.5, 0.6) is 0 Å². The van der Waals surface area contributed by atoms with Gasteiger partial charge >= 0.3 is 0 Å². The third-order valence-corrected chi connectivity index (χ3v) is 5.70. The van der Waals surface area contributed by atoms with Crippen molar-refractivity contribution >= 4 is 11.7 Å². The summed E-state index contributed by atoms with van der Waals surface area (Å²) in [6.45, 7) is 7.24. The number of anilines is 1. The minimum atomic E-state index is 0.00906. The Balaban J connectivity index is 1.68. The first-order chi connectivity index (χ1) is 13.2. The van der Waals surface area contributed by atoms with Gasteiger partial charge in [-0.25, -0.2) is 4.98 Å². The van der Waals surface area contributed by atoms with Crippen molar-refractivity contribution in [2.75, 3.05) is 31.1 Å². The molecule has 6 nitrogen and oxygen atoms in total. The van der Waals surface area contributed by atoms with Gasteiger partial charge in [0.25, 0.3) is 0 Å². The molecule has 142 valence electrons. The number of carbonyl (C=O) groups is 1. The first-order valence-corrected chi connectivity index (χ1v) is 9.82. The highest BCUT2D eigenvalue weighted by Crippen LogP contribution is 2.36. The monoisotopic (exact) mass is 365 g/mol. The Bertz CT molecular complexity index is 837. The molecule has 0 radical (unpaired) electrons. The Labute approximate surface area is 160 Å². The third-order valence-electron chi connectivity index (χ3n) is 5.70. The van der Waals surface area contributed by atoms with E-state index in [1.165, 1.54) is 30.9 Å². The molecule has 2 aliphatic heterocycles. The number of likely N-dealkylation sites (tertiary alicyclic amines) is 1. The molecule has 27 heavy (non-hydrogen) atoms. The first-order valence-electron chi connectivity index (χ1n) is 9.82. The lowest BCUT2D eigenvalue weighted by Crippen LogP contribution is -2.30. The van der Waals surface area contributed by atoms with E-state index in [1.807, 2.05) is 29.0 Å². The summed E-state index contributed by atoms with van der Waals surface area (Å²) in [4.78, 5) is 21.0. The topological polar surface area (TPSA) is 54.3 Å². The summed E-state index contributed by atoms with van der Waals surface area (Å²) in [5.74, 6) is 1.33. The van der Waals surface area contributed by atoms with E-state index in [-0.39, 0.29) is 11.8 Å². The predicted molar refractivity (Wildman–Crippen MR) is 107 cm³/mol. The van der Waals surface area contributed by atoms with E-state index >= 15 is 0 Å². The molecule has 4 rings (SSSR count). The fourth-order valence-corrected chi connectivity index (χ4v) is 4.20. The van der Waals surface area contributed by atoms with Crippen LogP contribution in [0.4, 0.5) is 5.82 Å². The van der Waals surface area contributed by atoms with Crippen LogP contribution in [-0.2, 0) is 11.8 Å². The van der Waals surface area contributed by atoms with E-state index in [9.17, 15) is 4.79 Å². The average Bonchev–Trinajstić information content (AvgIpc) is 3.37. The zero-order valence-electron chi connectivity index (χ0n) is 16.0. The van der Waals surface area contributed by atoms with E-state index in [0.717, 1.165) is 49.7 Å². The molecule has 2 aromatic heterocycles. The SMILES string of the molecule is C=CC(=O)N1CCC(c2cnc(N3CCCCC3)cc2-c2ccn(C)n2)C1. The molecular formula is C21H27N5O. The Morgan fingerprint density at radius 1 is 1.26 bits per heavy atom. The lowest BCUT2D eigenvalue weighted by atomic mass is 9.93. The maximum atomic E-state index is 12.0. The number of piperidine rings is 1. The van der Waals surface area contributed by atoms with E-state index in [2.05, 4.69) is 28.7 Å². The maximum absolute atomic E-state index is 12.0. The molecule has 1 amide bonds. The van der Waals surface area contributed by atoms with Crippen molar-refractivity contribution in [1.29, 1.82) is 0 Å². The highest BCUT2D eigenvalue weighted by atomic mass is 16.2.